The van der Waals surface area contributed by atoms with Crippen LogP contribution in [-0.2, 0) is 17.9 Å². The zero-order valence-electron chi connectivity index (χ0n) is 18.3. The average molecular weight is 571 g/mol. The summed E-state index contributed by atoms with van der Waals surface area (Å²) in [5.74, 6) is 1.44. The van der Waals surface area contributed by atoms with Crippen molar-refractivity contribution in [1.29, 1.82) is 0 Å². The van der Waals surface area contributed by atoms with E-state index in [-0.39, 0.29) is 24.8 Å². The zero-order valence-corrected chi connectivity index (χ0v) is 22.3. The summed E-state index contributed by atoms with van der Waals surface area (Å²) in [5.41, 5.74) is 2.10. The van der Waals surface area contributed by atoms with Crippen molar-refractivity contribution in [1.82, 2.24) is 10.2 Å². The van der Waals surface area contributed by atoms with Gasteiger partial charge in [-0.1, -0.05) is 29.8 Å². The number of nitrogens with one attached hydrogen (secondary N) is 1. The largest absolute Gasteiger partial charge is 0.490 e. The highest BCUT2D eigenvalue weighted by molar-refractivity contribution is 9.10. The fourth-order valence-corrected chi connectivity index (χ4v) is 4.17. The van der Waals surface area contributed by atoms with E-state index in [0.29, 0.717) is 24.0 Å². The summed E-state index contributed by atoms with van der Waals surface area (Å²) < 4.78 is 18.2. The second-order valence-corrected chi connectivity index (χ2v) is 8.46. The minimum atomic E-state index is 0. The molecule has 9 heteroatoms. The van der Waals surface area contributed by atoms with Gasteiger partial charge in [0.25, 0.3) is 0 Å². The Labute approximate surface area is 217 Å². The average Bonchev–Trinajstić information content (AvgIpc) is 2.75. The van der Waals surface area contributed by atoms with Gasteiger partial charge in [0.2, 0.25) is 0 Å². The fraction of sp³-hybridized carbons (Fsp3) is 0.478. The number of morpholine rings is 1. The first-order valence-corrected chi connectivity index (χ1v) is 11.7. The Kier molecular flexibility index (Phi) is 14.6. The van der Waals surface area contributed by atoms with Crippen LogP contribution in [0.15, 0.2) is 40.9 Å². The van der Waals surface area contributed by atoms with Gasteiger partial charge in [-0.2, -0.15) is 0 Å². The lowest BCUT2D eigenvalue weighted by Crippen LogP contribution is -2.37. The summed E-state index contributed by atoms with van der Waals surface area (Å²) >= 11 is 9.90. The molecular weight excluding hydrogens is 539 g/mol. The molecule has 180 valence electrons. The molecule has 1 N–H and O–H groups in total. The third-order valence-corrected chi connectivity index (χ3v) is 5.92. The first-order valence-electron chi connectivity index (χ1n) is 10.5. The highest BCUT2D eigenvalue weighted by Gasteiger charge is 2.14. The predicted molar refractivity (Wildman–Crippen MR) is 139 cm³/mol. The maximum absolute atomic E-state index is 6.25. The summed E-state index contributed by atoms with van der Waals surface area (Å²) in [7, 11) is 0. The predicted octanol–water partition coefficient (Wildman–Crippen LogP) is 5.74. The van der Waals surface area contributed by atoms with Crippen molar-refractivity contribution in [3.8, 4) is 11.5 Å². The molecule has 0 radical (unpaired) electrons. The molecule has 1 fully saturated rings. The Hall–Kier alpha value is -0.730. The molecule has 0 bridgehead atoms. The molecule has 1 aliphatic heterocycles. The van der Waals surface area contributed by atoms with Crippen molar-refractivity contribution in [3.63, 3.8) is 0 Å². The van der Waals surface area contributed by atoms with Crippen LogP contribution in [0, 0.1) is 0 Å². The second-order valence-electron chi connectivity index (χ2n) is 7.20. The van der Waals surface area contributed by atoms with Crippen LogP contribution in [0.5, 0.6) is 11.5 Å². The Morgan fingerprint density at radius 1 is 1.12 bits per heavy atom. The lowest BCUT2D eigenvalue weighted by Gasteiger charge is -2.26. The van der Waals surface area contributed by atoms with Gasteiger partial charge >= 0.3 is 0 Å². The van der Waals surface area contributed by atoms with Crippen LogP contribution in [0.1, 0.15) is 24.5 Å². The first-order chi connectivity index (χ1) is 14.7. The number of ether oxygens (including phenoxy) is 3. The monoisotopic (exact) mass is 568 g/mol. The van der Waals surface area contributed by atoms with Crippen LogP contribution in [0.2, 0.25) is 5.02 Å². The molecule has 1 aliphatic rings. The normalized spacial score (nSPS) is 13.7. The van der Waals surface area contributed by atoms with E-state index in [4.69, 9.17) is 25.8 Å². The SMILES string of the molecule is CCOc1cc(CNCCCN2CCOCC2)cc(Br)c1OCc1ccccc1Cl.Cl.Cl. The maximum Gasteiger partial charge on any atom is 0.175 e. The van der Waals surface area contributed by atoms with E-state index in [1.165, 1.54) is 0 Å². The zero-order chi connectivity index (χ0) is 21.2. The number of benzene rings is 2. The molecule has 0 aromatic heterocycles. The van der Waals surface area contributed by atoms with Crippen molar-refractivity contribution in [2.45, 2.75) is 26.5 Å². The summed E-state index contributed by atoms with van der Waals surface area (Å²) in [4.78, 5) is 2.46. The van der Waals surface area contributed by atoms with Gasteiger partial charge in [0.05, 0.1) is 24.3 Å². The van der Waals surface area contributed by atoms with Crippen molar-refractivity contribution in [3.05, 3.63) is 57.0 Å². The maximum atomic E-state index is 6.25. The molecule has 0 spiro atoms. The third-order valence-electron chi connectivity index (χ3n) is 4.96. The van der Waals surface area contributed by atoms with Crippen LogP contribution >= 0.6 is 52.3 Å². The van der Waals surface area contributed by atoms with Gasteiger partial charge in [-0.3, -0.25) is 4.90 Å². The van der Waals surface area contributed by atoms with E-state index < -0.39 is 0 Å². The second kappa shape index (κ2) is 16.0. The van der Waals surface area contributed by atoms with Gasteiger partial charge in [0.15, 0.2) is 11.5 Å². The summed E-state index contributed by atoms with van der Waals surface area (Å²) in [6.45, 7) is 9.60. The topological polar surface area (TPSA) is 43.0 Å². The molecule has 5 nitrogen and oxygen atoms in total. The lowest BCUT2D eigenvalue weighted by molar-refractivity contribution is 0.0374. The van der Waals surface area contributed by atoms with E-state index in [1.54, 1.807) is 0 Å². The molecular formula is C23H32BrCl3N2O3. The number of rotatable bonds is 11. The van der Waals surface area contributed by atoms with E-state index in [0.717, 1.165) is 73.7 Å². The summed E-state index contributed by atoms with van der Waals surface area (Å²) in [6, 6.07) is 11.8. The van der Waals surface area contributed by atoms with Gasteiger partial charge in [-0.05, 0) is 66.1 Å². The van der Waals surface area contributed by atoms with Gasteiger partial charge in [-0.15, -0.1) is 24.8 Å². The van der Waals surface area contributed by atoms with Crippen LogP contribution in [-0.4, -0.2) is 50.9 Å². The Morgan fingerprint density at radius 3 is 2.59 bits per heavy atom. The third kappa shape index (κ3) is 9.26. The van der Waals surface area contributed by atoms with Gasteiger partial charge in [0.1, 0.15) is 6.61 Å². The Balaban J connectivity index is 0.00000256. The minimum absolute atomic E-state index is 0. The number of hydrogen-bond acceptors (Lipinski definition) is 5. The summed E-state index contributed by atoms with van der Waals surface area (Å²) in [6.07, 6.45) is 1.12. The number of nitrogens with zero attached hydrogens (tertiary/aromatic N) is 1. The van der Waals surface area contributed by atoms with Crippen LogP contribution < -0.4 is 14.8 Å². The van der Waals surface area contributed by atoms with Crippen molar-refractivity contribution in [2.24, 2.45) is 0 Å². The van der Waals surface area contributed by atoms with Gasteiger partial charge in [-0.25, -0.2) is 0 Å². The Morgan fingerprint density at radius 2 is 1.88 bits per heavy atom. The molecule has 1 heterocycles. The fourth-order valence-electron chi connectivity index (χ4n) is 3.38. The standard InChI is InChI=1S/C23H30BrClN2O3.2ClH/c1-2-29-22-15-18(16-26-8-5-9-27-10-12-28-13-11-27)14-20(24)23(22)30-17-19-6-3-4-7-21(19)25;;/h3-4,6-7,14-15,26H,2,5,8-13,16-17H2,1H3;2*1H. The molecule has 3 rings (SSSR count). The van der Waals surface area contributed by atoms with E-state index in [1.807, 2.05) is 37.3 Å². The van der Waals surface area contributed by atoms with Crippen LogP contribution in [0.4, 0.5) is 0 Å². The molecule has 0 amide bonds. The summed E-state index contributed by atoms with van der Waals surface area (Å²) in [5, 5.41) is 4.23. The smallest absolute Gasteiger partial charge is 0.175 e. The van der Waals surface area contributed by atoms with Gasteiger partial charge < -0.3 is 19.5 Å². The van der Waals surface area contributed by atoms with Crippen molar-refractivity contribution < 1.29 is 14.2 Å². The molecule has 2 aromatic rings. The number of hydrogen-bond donors (Lipinski definition) is 1. The first kappa shape index (κ1) is 29.3. The lowest BCUT2D eigenvalue weighted by atomic mass is 10.2. The Bertz CT molecular complexity index is 808. The quantitative estimate of drug-likeness (QED) is 0.349. The van der Waals surface area contributed by atoms with E-state index in [2.05, 4.69) is 32.2 Å². The van der Waals surface area contributed by atoms with Crippen LogP contribution in [0.3, 0.4) is 0 Å². The molecule has 2 aromatic carbocycles. The molecule has 32 heavy (non-hydrogen) atoms. The minimum Gasteiger partial charge on any atom is -0.490 e. The highest BCUT2D eigenvalue weighted by atomic mass is 79.9. The van der Waals surface area contributed by atoms with Crippen molar-refractivity contribution in [2.75, 3.05) is 46.0 Å². The highest BCUT2D eigenvalue weighted by Crippen LogP contribution is 2.37. The molecule has 1 saturated heterocycles. The van der Waals surface area contributed by atoms with E-state index >= 15 is 0 Å². The molecule has 0 aliphatic carbocycles. The number of halogens is 4. The van der Waals surface area contributed by atoms with Gasteiger partial charge in [0, 0.05) is 30.2 Å². The molecule has 0 atom stereocenters. The molecule has 0 saturated carbocycles. The van der Waals surface area contributed by atoms with Crippen molar-refractivity contribution >= 4 is 52.3 Å². The molecule has 0 unspecified atom stereocenters. The van der Waals surface area contributed by atoms with Crippen LogP contribution in [0.25, 0.3) is 0 Å². The van der Waals surface area contributed by atoms with E-state index in [9.17, 15) is 0 Å².